The highest BCUT2D eigenvalue weighted by Crippen LogP contribution is 2.32. The molecule has 0 saturated carbocycles. The maximum atomic E-state index is 12.9. The number of carbonyl (C=O) groups is 4. The van der Waals surface area contributed by atoms with E-state index in [9.17, 15) is 19.2 Å². The Kier molecular flexibility index (Phi) is 4.83. The van der Waals surface area contributed by atoms with Crippen LogP contribution in [0, 0.1) is 0 Å². The van der Waals surface area contributed by atoms with Crippen molar-refractivity contribution in [2.45, 2.75) is 25.4 Å². The van der Waals surface area contributed by atoms with Gasteiger partial charge in [-0.2, -0.15) is 0 Å². The number of fused-ring (bicyclic) bond motifs is 1. The van der Waals surface area contributed by atoms with Crippen LogP contribution in [0.25, 0.3) is 0 Å². The number of nitrogens with one attached hydrogen (secondary N) is 2. The summed E-state index contributed by atoms with van der Waals surface area (Å²) in [6.45, 7) is 4.35. The molecule has 2 N–H and O–H groups in total. The van der Waals surface area contributed by atoms with Gasteiger partial charge < -0.3 is 5.32 Å². The second-order valence-corrected chi connectivity index (χ2v) is 7.82. The molecule has 27 heavy (non-hydrogen) atoms. The Hall–Kier alpha value is -2.10. The van der Waals surface area contributed by atoms with Crippen LogP contribution in [0.4, 0.5) is 0 Å². The van der Waals surface area contributed by atoms with Gasteiger partial charge in [-0.3, -0.25) is 34.3 Å². The zero-order valence-electron chi connectivity index (χ0n) is 14.6. The Morgan fingerprint density at radius 2 is 1.70 bits per heavy atom. The van der Waals surface area contributed by atoms with Gasteiger partial charge in [0.25, 0.3) is 11.8 Å². The molecule has 4 amide bonds. The van der Waals surface area contributed by atoms with Gasteiger partial charge in [-0.25, -0.2) is 0 Å². The molecule has 1 unspecified atom stereocenters. The Morgan fingerprint density at radius 1 is 1.04 bits per heavy atom. The standard InChI is InChI=1S/C18H19BrN4O4/c19-13-8-12-11(7-10(13)9-22-5-3-20-4-6-22)17(26)23(18(12)27)14-1-2-15(24)21-16(14)25/h7-8,14,20H,1-6,9H2,(H,21,24,25). The van der Waals surface area contributed by atoms with E-state index in [1.165, 1.54) is 0 Å². The fraction of sp³-hybridized carbons (Fsp3) is 0.444. The normalized spacial score (nSPS) is 23.6. The van der Waals surface area contributed by atoms with Gasteiger partial charge in [0.05, 0.1) is 11.1 Å². The number of halogens is 1. The Morgan fingerprint density at radius 3 is 2.37 bits per heavy atom. The van der Waals surface area contributed by atoms with Gasteiger partial charge in [0.15, 0.2) is 0 Å². The zero-order valence-corrected chi connectivity index (χ0v) is 16.2. The largest absolute Gasteiger partial charge is 0.314 e. The zero-order chi connectivity index (χ0) is 19.1. The average molecular weight is 435 g/mol. The van der Waals surface area contributed by atoms with Crippen LogP contribution >= 0.6 is 15.9 Å². The second-order valence-electron chi connectivity index (χ2n) is 6.96. The number of benzene rings is 1. The van der Waals surface area contributed by atoms with Crippen LogP contribution in [0.2, 0.25) is 0 Å². The molecular formula is C18H19BrN4O4. The summed E-state index contributed by atoms with van der Waals surface area (Å²) >= 11 is 3.51. The monoisotopic (exact) mass is 434 g/mol. The molecule has 142 valence electrons. The van der Waals surface area contributed by atoms with E-state index < -0.39 is 23.8 Å². The van der Waals surface area contributed by atoms with E-state index in [4.69, 9.17) is 0 Å². The number of piperazine rings is 1. The van der Waals surface area contributed by atoms with Gasteiger partial charge in [0.1, 0.15) is 6.04 Å². The maximum absolute atomic E-state index is 12.9. The quantitative estimate of drug-likeness (QED) is 0.661. The summed E-state index contributed by atoms with van der Waals surface area (Å²) in [4.78, 5) is 52.4. The molecule has 0 radical (unpaired) electrons. The van der Waals surface area contributed by atoms with Crippen molar-refractivity contribution in [1.29, 1.82) is 0 Å². The summed E-state index contributed by atoms with van der Waals surface area (Å²) in [5.74, 6) is -1.94. The molecule has 2 fully saturated rings. The van der Waals surface area contributed by atoms with Crippen LogP contribution in [-0.4, -0.2) is 65.6 Å². The van der Waals surface area contributed by atoms with E-state index in [1.807, 2.05) is 0 Å². The highest BCUT2D eigenvalue weighted by atomic mass is 79.9. The molecule has 3 aliphatic rings. The van der Waals surface area contributed by atoms with Gasteiger partial charge in [0.2, 0.25) is 11.8 Å². The molecule has 1 aromatic carbocycles. The van der Waals surface area contributed by atoms with Crippen molar-refractivity contribution in [3.63, 3.8) is 0 Å². The van der Waals surface area contributed by atoms with Crippen LogP contribution in [0.5, 0.6) is 0 Å². The molecule has 3 heterocycles. The third-order valence-corrected chi connectivity index (χ3v) is 5.95. The fourth-order valence-electron chi connectivity index (χ4n) is 3.77. The fourth-order valence-corrected chi connectivity index (χ4v) is 4.24. The Bertz CT molecular complexity index is 850. The minimum absolute atomic E-state index is 0.113. The molecule has 3 aliphatic heterocycles. The van der Waals surface area contributed by atoms with Crippen molar-refractivity contribution in [3.05, 3.63) is 33.3 Å². The number of hydrogen-bond donors (Lipinski definition) is 2. The van der Waals surface area contributed by atoms with Crippen molar-refractivity contribution in [2.75, 3.05) is 26.2 Å². The molecule has 0 bridgehead atoms. The predicted octanol–water partition coefficient (Wildman–Crippen LogP) is 0.255. The van der Waals surface area contributed by atoms with Gasteiger partial charge in [-0.05, 0) is 24.1 Å². The van der Waals surface area contributed by atoms with Gasteiger partial charge >= 0.3 is 0 Å². The summed E-state index contributed by atoms with van der Waals surface area (Å²) in [6.07, 6.45) is 0.271. The van der Waals surface area contributed by atoms with Crippen LogP contribution in [0.15, 0.2) is 16.6 Å². The molecule has 0 aromatic heterocycles. The lowest BCUT2D eigenvalue weighted by Crippen LogP contribution is -2.54. The Labute approximate surface area is 164 Å². The lowest BCUT2D eigenvalue weighted by Gasteiger charge is -2.28. The van der Waals surface area contributed by atoms with Gasteiger partial charge in [-0.15, -0.1) is 0 Å². The van der Waals surface area contributed by atoms with E-state index in [0.717, 1.165) is 41.1 Å². The van der Waals surface area contributed by atoms with Gasteiger partial charge in [-0.1, -0.05) is 15.9 Å². The van der Waals surface area contributed by atoms with E-state index in [2.05, 4.69) is 31.5 Å². The highest BCUT2D eigenvalue weighted by Gasteiger charge is 2.44. The van der Waals surface area contributed by atoms with Crippen LogP contribution in [0.1, 0.15) is 39.1 Å². The molecule has 2 saturated heterocycles. The van der Waals surface area contributed by atoms with Gasteiger partial charge in [0, 0.05) is 43.6 Å². The summed E-state index contributed by atoms with van der Waals surface area (Å²) in [7, 11) is 0. The summed E-state index contributed by atoms with van der Waals surface area (Å²) < 4.78 is 0.769. The molecular weight excluding hydrogens is 416 g/mol. The summed E-state index contributed by atoms with van der Waals surface area (Å²) in [5.41, 5.74) is 1.54. The minimum Gasteiger partial charge on any atom is -0.314 e. The summed E-state index contributed by atoms with van der Waals surface area (Å²) in [5, 5.41) is 5.50. The average Bonchev–Trinajstić information content (AvgIpc) is 2.87. The number of imide groups is 2. The highest BCUT2D eigenvalue weighted by molar-refractivity contribution is 9.10. The first kappa shape index (κ1) is 18.3. The maximum Gasteiger partial charge on any atom is 0.262 e. The molecule has 4 rings (SSSR count). The van der Waals surface area contributed by atoms with E-state index in [0.29, 0.717) is 17.7 Å². The number of piperidine rings is 1. The molecule has 9 heteroatoms. The van der Waals surface area contributed by atoms with Crippen molar-refractivity contribution in [2.24, 2.45) is 0 Å². The number of amides is 4. The lowest BCUT2D eigenvalue weighted by molar-refractivity contribution is -0.136. The predicted molar refractivity (Wildman–Crippen MR) is 99.0 cm³/mol. The molecule has 1 atom stereocenters. The molecule has 8 nitrogen and oxygen atoms in total. The first-order valence-corrected chi connectivity index (χ1v) is 9.72. The minimum atomic E-state index is -0.939. The van der Waals surface area contributed by atoms with E-state index >= 15 is 0 Å². The SMILES string of the molecule is O=C1CCC(N2C(=O)c3cc(Br)c(CN4CCNCC4)cc3C2=O)C(=O)N1. The van der Waals surface area contributed by atoms with Crippen LogP contribution in [-0.2, 0) is 16.1 Å². The number of carbonyl (C=O) groups excluding carboxylic acids is 4. The number of rotatable bonds is 3. The van der Waals surface area contributed by atoms with Crippen molar-refractivity contribution < 1.29 is 19.2 Å². The first-order chi connectivity index (χ1) is 13.0. The van der Waals surface area contributed by atoms with Crippen molar-refractivity contribution in [3.8, 4) is 0 Å². The lowest BCUT2D eigenvalue weighted by atomic mass is 10.0. The third-order valence-electron chi connectivity index (χ3n) is 5.21. The van der Waals surface area contributed by atoms with Crippen molar-refractivity contribution in [1.82, 2.24) is 20.4 Å². The number of hydrogen-bond acceptors (Lipinski definition) is 6. The second kappa shape index (κ2) is 7.14. The van der Waals surface area contributed by atoms with Crippen molar-refractivity contribution >= 4 is 39.6 Å². The molecule has 0 spiro atoms. The third kappa shape index (κ3) is 3.30. The van der Waals surface area contributed by atoms with Crippen LogP contribution < -0.4 is 10.6 Å². The topological polar surface area (TPSA) is 98.8 Å². The van der Waals surface area contributed by atoms with E-state index in [-0.39, 0.29) is 18.7 Å². The molecule has 1 aromatic rings. The number of nitrogens with zero attached hydrogens (tertiary/aromatic N) is 2. The molecule has 0 aliphatic carbocycles. The smallest absolute Gasteiger partial charge is 0.262 e. The van der Waals surface area contributed by atoms with Crippen LogP contribution in [0.3, 0.4) is 0 Å². The summed E-state index contributed by atoms with van der Waals surface area (Å²) in [6, 6.07) is 2.47. The van der Waals surface area contributed by atoms with E-state index in [1.54, 1.807) is 12.1 Å². The first-order valence-electron chi connectivity index (χ1n) is 8.93. The Balaban J connectivity index is 1.61.